The molecule has 0 saturated carbocycles. The maximum atomic E-state index is 12.4. The summed E-state index contributed by atoms with van der Waals surface area (Å²) in [5, 5.41) is 8.39. The molecule has 0 aliphatic carbocycles. The second kappa shape index (κ2) is 7.35. The van der Waals surface area contributed by atoms with Gasteiger partial charge in [-0.3, -0.25) is 0 Å². The van der Waals surface area contributed by atoms with E-state index in [0.717, 1.165) is 11.1 Å². The van der Waals surface area contributed by atoms with Crippen LogP contribution in [0.15, 0.2) is 40.8 Å². The molecular weight excluding hydrogens is 377 g/mol. The molecule has 2 aromatic carbocycles. The predicted molar refractivity (Wildman–Crippen MR) is 99.2 cm³/mol. The number of carbonyl (C=O) groups excluding carboxylic acids is 1. The van der Waals surface area contributed by atoms with Gasteiger partial charge in [0, 0.05) is 10.6 Å². The molecule has 1 aromatic heterocycles. The molecule has 0 radical (unpaired) electrons. The molecule has 3 aromatic rings. The molecule has 2 N–H and O–H groups in total. The number of ether oxygens (including phenoxy) is 1. The van der Waals surface area contributed by atoms with Gasteiger partial charge in [0.1, 0.15) is 0 Å². The molecule has 134 valence electrons. The lowest BCUT2D eigenvalue weighted by molar-refractivity contribution is 0.0281. The van der Waals surface area contributed by atoms with Crippen LogP contribution in [-0.2, 0) is 4.74 Å². The van der Waals surface area contributed by atoms with Gasteiger partial charge in [-0.25, -0.2) is 4.79 Å². The van der Waals surface area contributed by atoms with Gasteiger partial charge in [-0.05, 0) is 38.1 Å². The van der Waals surface area contributed by atoms with Crippen LogP contribution in [-0.4, -0.2) is 16.2 Å². The zero-order valence-corrected chi connectivity index (χ0v) is 15.5. The summed E-state index contributed by atoms with van der Waals surface area (Å²) in [5.41, 5.74) is 7.88. The molecule has 6 nitrogen and oxygen atoms in total. The minimum Gasteiger partial charge on any atom is -0.449 e. The van der Waals surface area contributed by atoms with Gasteiger partial charge in [-0.2, -0.15) is 0 Å². The Balaban J connectivity index is 1.77. The number of carbonyl (C=O) groups is 1. The summed E-state index contributed by atoms with van der Waals surface area (Å²) < 4.78 is 11.0. The number of nitrogen functional groups attached to an aromatic ring is 1. The molecule has 0 fully saturated rings. The van der Waals surface area contributed by atoms with E-state index in [2.05, 4.69) is 10.2 Å². The zero-order valence-electron chi connectivity index (χ0n) is 14.0. The van der Waals surface area contributed by atoms with Crippen LogP contribution in [0.25, 0.3) is 11.5 Å². The van der Waals surface area contributed by atoms with Gasteiger partial charge in [0.2, 0.25) is 5.89 Å². The first-order valence-corrected chi connectivity index (χ1v) is 8.46. The fraction of sp³-hybridized carbons (Fsp3) is 0.167. The third-order valence-corrected chi connectivity index (χ3v) is 4.22. The largest absolute Gasteiger partial charge is 0.449 e. The number of nitrogens with zero attached hydrogens (tertiary/aromatic N) is 2. The van der Waals surface area contributed by atoms with Crippen molar-refractivity contribution in [3.05, 3.63) is 63.5 Å². The predicted octanol–water partition coefficient (Wildman–Crippen LogP) is 4.85. The average molecular weight is 392 g/mol. The van der Waals surface area contributed by atoms with Crippen LogP contribution < -0.4 is 5.73 Å². The van der Waals surface area contributed by atoms with Crippen LogP contribution in [0, 0.1) is 6.92 Å². The Morgan fingerprint density at radius 3 is 2.58 bits per heavy atom. The molecule has 0 aliphatic rings. The Kier molecular flexibility index (Phi) is 5.15. The van der Waals surface area contributed by atoms with E-state index >= 15 is 0 Å². The van der Waals surface area contributed by atoms with Gasteiger partial charge in [0.15, 0.2) is 6.10 Å². The Bertz CT molecular complexity index is 955. The first-order valence-electron chi connectivity index (χ1n) is 7.71. The number of rotatable bonds is 4. The third-order valence-electron chi connectivity index (χ3n) is 3.68. The maximum absolute atomic E-state index is 12.4. The van der Waals surface area contributed by atoms with Crippen molar-refractivity contribution >= 4 is 34.9 Å². The van der Waals surface area contributed by atoms with E-state index in [1.807, 2.05) is 31.2 Å². The number of aryl methyl sites for hydroxylation is 1. The summed E-state index contributed by atoms with van der Waals surface area (Å²) >= 11 is 11.9. The Morgan fingerprint density at radius 2 is 1.88 bits per heavy atom. The molecule has 0 aliphatic heterocycles. The first-order chi connectivity index (χ1) is 12.3. The quantitative estimate of drug-likeness (QED) is 0.504. The van der Waals surface area contributed by atoms with Crippen LogP contribution in [0.2, 0.25) is 10.0 Å². The fourth-order valence-corrected chi connectivity index (χ4v) is 2.73. The summed E-state index contributed by atoms with van der Waals surface area (Å²) in [7, 11) is 0. The highest BCUT2D eigenvalue weighted by molar-refractivity contribution is 6.37. The fourth-order valence-electron chi connectivity index (χ4n) is 2.24. The lowest BCUT2D eigenvalue weighted by Crippen LogP contribution is -2.12. The summed E-state index contributed by atoms with van der Waals surface area (Å²) in [6.07, 6.45) is -0.772. The molecule has 0 bridgehead atoms. The summed E-state index contributed by atoms with van der Waals surface area (Å²) in [6.45, 7) is 3.60. The number of esters is 1. The van der Waals surface area contributed by atoms with Gasteiger partial charge in [-0.15, -0.1) is 10.2 Å². The lowest BCUT2D eigenvalue weighted by atomic mass is 10.1. The van der Waals surface area contributed by atoms with E-state index in [0.29, 0.717) is 5.89 Å². The second-order valence-electron chi connectivity index (χ2n) is 5.71. The van der Waals surface area contributed by atoms with E-state index in [1.54, 1.807) is 6.92 Å². The normalized spacial score (nSPS) is 12.0. The number of nitrogens with two attached hydrogens (primary N) is 1. The molecule has 1 heterocycles. The maximum Gasteiger partial charge on any atom is 0.341 e. The van der Waals surface area contributed by atoms with Crippen molar-refractivity contribution < 1.29 is 13.9 Å². The van der Waals surface area contributed by atoms with E-state index in [9.17, 15) is 4.79 Å². The smallest absolute Gasteiger partial charge is 0.341 e. The summed E-state index contributed by atoms with van der Waals surface area (Å²) in [6, 6.07) is 10.5. The first kappa shape index (κ1) is 18.2. The number of halogens is 2. The summed E-state index contributed by atoms with van der Waals surface area (Å²) in [5.74, 6) is -0.177. The van der Waals surface area contributed by atoms with E-state index in [1.165, 1.54) is 12.1 Å². The van der Waals surface area contributed by atoms with Gasteiger partial charge < -0.3 is 14.9 Å². The number of aromatic nitrogens is 2. The van der Waals surface area contributed by atoms with Gasteiger partial charge in [0.05, 0.1) is 16.3 Å². The van der Waals surface area contributed by atoms with Crippen LogP contribution >= 0.6 is 23.2 Å². The average Bonchev–Trinajstić information content (AvgIpc) is 3.08. The zero-order chi connectivity index (χ0) is 18.8. The Labute approximate surface area is 159 Å². The van der Waals surface area contributed by atoms with Crippen molar-refractivity contribution in [1.82, 2.24) is 10.2 Å². The van der Waals surface area contributed by atoms with Crippen molar-refractivity contribution in [1.29, 1.82) is 0 Å². The molecule has 1 atom stereocenters. The molecular formula is C18H15Cl2N3O3. The molecule has 1 unspecified atom stereocenters. The second-order valence-corrected chi connectivity index (χ2v) is 6.55. The molecule has 3 rings (SSSR count). The van der Waals surface area contributed by atoms with Gasteiger partial charge in [-0.1, -0.05) is 40.9 Å². The highest BCUT2D eigenvalue weighted by Gasteiger charge is 2.22. The number of anilines is 1. The van der Waals surface area contributed by atoms with Crippen molar-refractivity contribution in [2.24, 2.45) is 0 Å². The molecule has 0 saturated heterocycles. The minimum atomic E-state index is -0.772. The van der Waals surface area contributed by atoms with Crippen molar-refractivity contribution in [2.45, 2.75) is 20.0 Å². The molecule has 0 spiro atoms. The number of hydrogen-bond donors (Lipinski definition) is 1. The van der Waals surface area contributed by atoms with Crippen LogP contribution in [0.1, 0.15) is 34.8 Å². The van der Waals surface area contributed by atoms with Gasteiger partial charge >= 0.3 is 5.97 Å². The molecule has 8 heteroatoms. The van der Waals surface area contributed by atoms with Crippen LogP contribution in [0.3, 0.4) is 0 Å². The SMILES string of the molecule is Cc1ccc(-c2nnc(C(C)OC(=O)c3cc(Cl)cc(Cl)c3N)o2)cc1. The van der Waals surface area contributed by atoms with Gasteiger partial charge in [0.25, 0.3) is 5.89 Å². The number of hydrogen-bond acceptors (Lipinski definition) is 6. The summed E-state index contributed by atoms with van der Waals surface area (Å²) in [4.78, 5) is 12.4. The molecule has 0 amide bonds. The standard InChI is InChI=1S/C18H15Cl2N3O3/c1-9-3-5-11(6-4-9)17-23-22-16(26-17)10(2)25-18(24)13-7-12(19)8-14(20)15(13)21/h3-8,10H,21H2,1-2H3. The van der Waals surface area contributed by atoms with Crippen molar-refractivity contribution in [3.8, 4) is 11.5 Å². The Morgan fingerprint density at radius 1 is 1.19 bits per heavy atom. The lowest BCUT2D eigenvalue weighted by Gasteiger charge is -2.12. The van der Waals surface area contributed by atoms with Crippen molar-refractivity contribution in [3.63, 3.8) is 0 Å². The number of benzene rings is 2. The topological polar surface area (TPSA) is 91.2 Å². The molecule has 26 heavy (non-hydrogen) atoms. The minimum absolute atomic E-state index is 0.0765. The van der Waals surface area contributed by atoms with Crippen LogP contribution in [0.4, 0.5) is 5.69 Å². The van der Waals surface area contributed by atoms with Crippen LogP contribution in [0.5, 0.6) is 0 Å². The van der Waals surface area contributed by atoms with E-state index in [4.69, 9.17) is 38.1 Å². The Hall–Kier alpha value is -2.57. The van der Waals surface area contributed by atoms with Crippen molar-refractivity contribution in [2.75, 3.05) is 5.73 Å². The monoisotopic (exact) mass is 391 g/mol. The van der Waals surface area contributed by atoms with E-state index < -0.39 is 12.1 Å². The highest BCUT2D eigenvalue weighted by Crippen LogP contribution is 2.30. The third kappa shape index (κ3) is 3.81. The highest BCUT2D eigenvalue weighted by atomic mass is 35.5. The van der Waals surface area contributed by atoms with E-state index in [-0.39, 0.29) is 27.2 Å².